The predicted molar refractivity (Wildman–Crippen MR) is 134 cm³/mol. The summed E-state index contributed by atoms with van der Waals surface area (Å²) < 4.78 is 5.29. The number of benzene rings is 3. The maximum absolute atomic E-state index is 13.9. The third-order valence-corrected chi connectivity index (χ3v) is 6.69. The van der Waals surface area contributed by atoms with Crippen LogP contribution in [0.25, 0.3) is 0 Å². The van der Waals surface area contributed by atoms with E-state index in [-0.39, 0.29) is 37.1 Å². The molecule has 3 amide bonds. The minimum Gasteiger partial charge on any atom is -0.497 e. The van der Waals surface area contributed by atoms with E-state index >= 15 is 0 Å². The third kappa shape index (κ3) is 4.97. The Kier molecular flexibility index (Phi) is 7.01. The highest BCUT2D eigenvalue weighted by atomic mass is 16.5. The van der Waals surface area contributed by atoms with Gasteiger partial charge in [0.05, 0.1) is 19.1 Å². The van der Waals surface area contributed by atoms with Gasteiger partial charge in [-0.2, -0.15) is 0 Å². The van der Waals surface area contributed by atoms with Gasteiger partial charge in [-0.15, -0.1) is 0 Å². The van der Waals surface area contributed by atoms with Crippen LogP contribution in [-0.4, -0.2) is 41.7 Å². The van der Waals surface area contributed by atoms with Gasteiger partial charge in [0.1, 0.15) is 5.75 Å². The second-order valence-corrected chi connectivity index (χ2v) is 9.12. The van der Waals surface area contributed by atoms with Crippen LogP contribution in [0.5, 0.6) is 5.75 Å². The lowest BCUT2D eigenvalue weighted by Crippen LogP contribution is -2.42. The molecule has 4 rings (SSSR count). The fourth-order valence-electron chi connectivity index (χ4n) is 4.81. The van der Waals surface area contributed by atoms with Crippen LogP contribution < -0.4 is 4.74 Å². The summed E-state index contributed by atoms with van der Waals surface area (Å²) in [6.07, 6.45) is -0.101. The second-order valence-electron chi connectivity index (χ2n) is 9.12. The molecule has 1 atom stereocenters. The average molecular weight is 471 g/mol. The van der Waals surface area contributed by atoms with Crippen molar-refractivity contribution < 1.29 is 19.1 Å². The maximum Gasteiger partial charge on any atom is 0.241 e. The third-order valence-electron chi connectivity index (χ3n) is 6.69. The SMILES string of the molecule is COc1cccc(CN(C)C(=O)C[C@]2(c3ccccc3C)CC(=O)N(Cc3ccccc3)C2=O)c1. The molecule has 1 aliphatic heterocycles. The molecule has 1 aliphatic rings. The number of methoxy groups -OCH3 is 1. The highest BCUT2D eigenvalue weighted by Gasteiger charge is 2.54. The predicted octanol–water partition coefficient (Wildman–Crippen LogP) is 4.25. The Balaban J connectivity index is 1.63. The van der Waals surface area contributed by atoms with E-state index in [0.717, 1.165) is 22.3 Å². The quantitative estimate of drug-likeness (QED) is 0.462. The van der Waals surface area contributed by atoms with Gasteiger partial charge in [0, 0.05) is 26.4 Å². The van der Waals surface area contributed by atoms with E-state index in [1.165, 1.54) is 4.90 Å². The molecule has 0 aliphatic carbocycles. The van der Waals surface area contributed by atoms with Gasteiger partial charge in [-0.3, -0.25) is 19.3 Å². The van der Waals surface area contributed by atoms with Crippen LogP contribution in [0.2, 0.25) is 0 Å². The Hall–Kier alpha value is -3.93. The van der Waals surface area contributed by atoms with Crippen LogP contribution in [0.15, 0.2) is 78.9 Å². The number of hydrogen-bond donors (Lipinski definition) is 0. The summed E-state index contributed by atoms with van der Waals surface area (Å²) in [7, 11) is 3.32. The molecule has 0 spiro atoms. The normalized spacial score (nSPS) is 17.5. The van der Waals surface area contributed by atoms with Gasteiger partial charge in [-0.25, -0.2) is 0 Å². The summed E-state index contributed by atoms with van der Waals surface area (Å²) in [6.45, 7) is 2.48. The first-order valence-corrected chi connectivity index (χ1v) is 11.7. The van der Waals surface area contributed by atoms with Crippen LogP contribution in [0.1, 0.15) is 35.1 Å². The molecule has 3 aromatic rings. The van der Waals surface area contributed by atoms with E-state index < -0.39 is 5.41 Å². The topological polar surface area (TPSA) is 66.9 Å². The van der Waals surface area contributed by atoms with Crippen molar-refractivity contribution in [2.45, 2.75) is 38.3 Å². The van der Waals surface area contributed by atoms with Gasteiger partial charge in [0.2, 0.25) is 17.7 Å². The van der Waals surface area contributed by atoms with E-state index in [4.69, 9.17) is 4.74 Å². The van der Waals surface area contributed by atoms with Gasteiger partial charge in [-0.05, 0) is 41.3 Å². The first-order chi connectivity index (χ1) is 16.8. The van der Waals surface area contributed by atoms with Crippen molar-refractivity contribution in [1.82, 2.24) is 9.80 Å². The molecule has 1 fully saturated rings. The molecule has 3 aromatic carbocycles. The molecular weight excluding hydrogens is 440 g/mol. The standard InChI is InChI=1S/C29H30N2O4/c1-21-10-7-8-15-25(21)29(17-26(32)30(2)19-23-13-9-14-24(16-23)35-3)18-27(33)31(28(29)34)20-22-11-5-4-6-12-22/h4-16H,17-20H2,1-3H3/t29-/m1/s1. The van der Waals surface area contributed by atoms with Crippen molar-refractivity contribution >= 4 is 17.7 Å². The van der Waals surface area contributed by atoms with Crippen molar-refractivity contribution in [3.63, 3.8) is 0 Å². The summed E-state index contributed by atoms with van der Waals surface area (Å²) >= 11 is 0. The van der Waals surface area contributed by atoms with Crippen LogP contribution >= 0.6 is 0 Å². The van der Waals surface area contributed by atoms with Gasteiger partial charge in [0.15, 0.2) is 0 Å². The zero-order valence-electron chi connectivity index (χ0n) is 20.4. The Morgan fingerprint density at radius 2 is 1.66 bits per heavy atom. The molecule has 35 heavy (non-hydrogen) atoms. The lowest BCUT2D eigenvalue weighted by atomic mass is 9.74. The number of hydrogen-bond acceptors (Lipinski definition) is 4. The number of rotatable bonds is 8. The van der Waals surface area contributed by atoms with Crippen LogP contribution in [0.4, 0.5) is 0 Å². The number of nitrogens with zero attached hydrogens (tertiary/aromatic N) is 2. The van der Waals surface area contributed by atoms with Gasteiger partial charge < -0.3 is 9.64 Å². The zero-order valence-corrected chi connectivity index (χ0v) is 20.4. The average Bonchev–Trinajstić information content (AvgIpc) is 3.09. The van der Waals surface area contributed by atoms with E-state index in [0.29, 0.717) is 12.3 Å². The molecule has 1 saturated heterocycles. The van der Waals surface area contributed by atoms with E-state index in [1.54, 1.807) is 19.1 Å². The molecule has 0 saturated carbocycles. The second kappa shape index (κ2) is 10.1. The molecule has 1 heterocycles. The van der Waals surface area contributed by atoms with Gasteiger partial charge in [-0.1, -0.05) is 66.7 Å². The summed E-state index contributed by atoms with van der Waals surface area (Å²) in [5.74, 6) is -0.0548. The Bertz CT molecular complexity index is 1240. The largest absolute Gasteiger partial charge is 0.497 e. The minimum absolute atomic E-state index is 0.0255. The number of likely N-dealkylation sites (tertiary alicyclic amines) is 1. The van der Waals surface area contributed by atoms with E-state index in [2.05, 4.69) is 0 Å². The molecule has 0 radical (unpaired) electrons. The highest BCUT2D eigenvalue weighted by Crippen LogP contribution is 2.42. The molecule has 0 aromatic heterocycles. The van der Waals surface area contributed by atoms with Crippen molar-refractivity contribution in [1.29, 1.82) is 0 Å². The van der Waals surface area contributed by atoms with Crippen molar-refractivity contribution in [3.05, 3.63) is 101 Å². The van der Waals surface area contributed by atoms with Crippen molar-refractivity contribution in [2.24, 2.45) is 0 Å². The van der Waals surface area contributed by atoms with E-state index in [1.807, 2.05) is 85.8 Å². The molecule has 6 heteroatoms. The summed E-state index contributed by atoms with van der Waals surface area (Å²) in [4.78, 5) is 43.5. The van der Waals surface area contributed by atoms with Crippen LogP contribution in [0.3, 0.4) is 0 Å². The molecule has 0 N–H and O–H groups in total. The molecule has 0 unspecified atom stereocenters. The summed E-state index contributed by atoms with van der Waals surface area (Å²) in [5.41, 5.74) is 2.19. The van der Waals surface area contributed by atoms with Crippen LogP contribution in [0, 0.1) is 6.92 Å². The number of aryl methyl sites for hydroxylation is 1. The van der Waals surface area contributed by atoms with Gasteiger partial charge >= 0.3 is 0 Å². The molecular formula is C29H30N2O4. The monoisotopic (exact) mass is 470 g/mol. The fraction of sp³-hybridized carbons (Fsp3) is 0.276. The lowest BCUT2D eigenvalue weighted by Gasteiger charge is -2.30. The number of ether oxygens (including phenoxy) is 1. The highest BCUT2D eigenvalue weighted by molar-refractivity contribution is 6.10. The Morgan fingerprint density at radius 3 is 2.37 bits per heavy atom. The Morgan fingerprint density at radius 1 is 0.971 bits per heavy atom. The molecule has 0 bridgehead atoms. The molecule has 6 nitrogen and oxygen atoms in total. The summed E-state index contributed by atoms with van der Waals surface area (Å²) in [5, 5.41) is 0. The van der Waals surface area contributed by atoms with Crippen molar-refractivity contribution in [3.8, 4) is 5.75 Å². The lowest BCUT2D eigenvalue weighted by molar-refractivity contribution is -0.143. The van der Waals surface area contributed by atoms with Crippen molar-refractivity contribution in [2.75, 3.05) is 14.2 Å². The number of carbonyl (C=O) groups is 3. The molecule has 180 valence electrons. The van der Waals surface area contributed by atoms with E-state index in [9.17, 15) is 14.4 Å². The Labute approximate surface area is 206 Å². The zero-order chi connectivity index (χ0) is 25.0. The maximum atomic E-state index is 13.9. The van der Waals surface area contributed by atoms with Crippen LogP contribution in [-0.2, 0) is 32.9 Å². The number of amides is 3. The fourth-order valence-corrected chi connectivity index (χ4v) is 4.81. The first kappa shape index (κ1) is 24.2. The summed E-state index contributed by atoms with van der Waals surface area (Å²) in [6, 6.07) is 24.5. The number of imide groups is 1. The minimum atomic E-state index is -1.23. The number of carbonyl (C=O) groups excluding carboxylic acids is 3. The smallest absolute Gasteiger partial charge is 0.241 e. The van der Waals surface area contributed by atoms with Gasteiger partial charge in [0.25, 0.3) is 0 Å². The first-order valence-electron chi connectivity index (χ1n) is 11.7.